The second-order valence-corrected chi connectivity index (χ2v) is 5.26. The van der Waals surface area contributed by atoms with Gasteiger partial charge in [0.15, 0.2) is 5.96 Å². The number of aliphatic imine (C=N–C) groups is 1. The number of guanidine groups is 1. The number of nitrogens with zero attached hydrogens (tertiary/aromatic N) is 2. The molecule has 0 aliphatic carbocycles. The summed E-state index contributed by atoms with van der Waals surface area (Å²) in [6, 6.07) is 13.4. The SMILES string of the molecule is C=CCO/N=C(/C)c1cccc(OC(=O)c2ccc(N=C(N)N)cc2)c1. The zero-order valence-corrected chi connectivity index (χ0v) is 14.4. The fourth-order valence-electron chi connectivity index (χ4n) is 2.01. The van der Waals surface area contributed by atoms with E-state index in [1.54, 1.807) is 55.5 Å². The van der Waals surface area contributed by atoms with Gasteiger partial charge < -0.3 is 21.0 Å². The van der Waals surface area contributed by atoms with Crippen molar-refractivity contribution in [2.24, 2.45) is 21.6 Å². The van der Waals surface area contributed by atoms with Crippen molar-refractivity contribution in [2.75, 3.05) is 6.61 Å². The lowest BCUT2D eigenvalue weighted by Gasteiger charge is -2.07. The molecule has 26 heavy (non-hydrogen) atoms. The molecule has 7 nitrogen and oxygen atoms in total. The molecule has 0 atom stereocenters. The van der Waals surface area contributed by atoms with Crippen LogP contribution in [0.1, 0.15) is 22.8 Å². The third kappa shape index (κ3) is 5.48. The molecule has 0 unspecified atom stereocenters. The minimum absolute atomic E-state index is 0.0498. The molecule has 2 rings (SSSR count). The highest BCUT2D eigenvalue weighted by molar-refractivity contribution is 5.99. The van der Waals surface area contributed by atoms with Gasteiger partial charge in [0, 0.05) is 5.56 Å². The summed E-state index contributed by atoms with van der Waals surface area (Å²) in [6.07, 6.45) is 1.60. The first-order chi connectivity index (χ1) is 12.5. The number of hydrogen-bond acceptors (Lipinski definition) is 5. The van der Waals surface area contributed by atoms with E-state index in [0.717, 1.165) is 5.56 Å². The molecule has 0 amide bonds. The van der Waals surface area contributed by atoms with Gasteiger partial charge in [0.05, 0.1) is 17.0 Å². The smallest absolute Gasteiger partial charge is 0.343 e. The molecule has 2 aromatic rings. The lowest BCUT2D eigenvalue weighted by molar-refractivity contribution is 0.0735. The summed E-state index contributed by atoms with van der Waals surface area (Å²) in [6.45, 7) is 5.67. The lowest BCUT2D eigenvalue weighted by Crippen LogP contribution is -2.21. The van der Waals surface area contributed by atoms with Gasteiger partial charge in [-0.1, -0.05) is 29.9 Å². The van der Waals surface area contributed by atoms with Crippen LogP contribution < -0.4 is 16.2 Å². The molecule has 2 aromatic carbocycles. The number of ether oxygens (including phenoxy) is 1. The largest absolute Gasteiger partial charge is 0.423 e. The number of carbonyl (C=O) groups excluding carboxylic acids is 1. The molecule has 0 radical (unpaired) electrons. The van der Waals surface area contributed by atoms with Gasteiger partial charge in [0.2, 0.25) is 0 Å². The van der Waals surface area contributed by atoms with E-state index in [2.05, 4.69) is 16.7 Å². The predicted molar refractivity (Wildman–Crippen MR) is 102 cm³/mol. The van der Waals surface area contributed by atoms with Crippen molar-refractivity contribution in [3.63, 3.8) is 0 Å². The van der Waals surface area contributed by atoms with E-state index in [1.165, 1.54) is 0 Å². The van der Waals surface area contributed by atoms with Gasteiger partial charge in [-0.3, -0.25) is 0 Å². The highest BCUT2D eigenvalue weighted by Gasteiger charge is 2.10. The molecule has 0 aliphatic rings. The van der Waals surface area contributed by atoms with Gasteiger partial charge in [-0.2, -0.15) is 0 Å². The molecular formula is C19H20N4O3. The number of rotatable bonds is 7. The summed E-state index contributed by atoms with van der Waals surface area (Å²) in [4.78, 5) is 21.2. The molecule has 0 heterocycles. The van der Waals surface area contributed by atoms with Crippen molar-refractivity contribution in [1.82, 2.24) is 0 Å². The van der Waals surface area contributed by atoms with Crippen molar-refractivity contribution in [3.8, 4) is 5.75 Å². The van der Waals surface area contributed by atoms with E-state index >= 15 is 0 Å². The average Bonchev–Trinajstić information content (AvgIpc) is 2.62. The molecule has 0 aliphatic heterocycles. The zero-order chi connectivity index (χ0) is 18.9. The molecule has 0 saturated carbocycles. The Morgan fingerprint density at radius 2 is 1.88 bits per heavy atom. The normalized spacial score (nSPS) is 10.7. The molecule has 0 aromatic heterocycles. The Bertz CT molecular complexity index is 838. The first kappa shape index (κ1) is 18.7. The lowest BCUT2D eigenvalue weighted by atomic mass is 10.1. The summed E-state index contributed by atoms with van der Waals surface area (Å²) in [7, 11) is 0. The Balaban J connectivity index is 2.09. The van der Waals surface area contributed by atoms with Crippen LogP contribution in [-0.4, -0.2) is 24.2 Å². The molecule has 0 spiro atoms. The summed E-state index contributed by atoms with van der Waals surface area (Å²) in [5.41, 5.74) is 13.0. The van der Waals surface area contributed by atoms with Crippen LogP contribution in [0, 0.1) is 0 Å². The van der Waals surface area contributed by atoms with E-state index in [1.807, 2.05) is 6.07 Å². The number of hydrogen-bond donors (Lipinski definition) is 2. The third-order valence-corrected chi connectivity index (χ3v) is 3.22. The predicted octanol–water partition coefficient (Wildman–Crippen LogP) is 2.74. The Labute approximate surface area is 151 Å². The Morgan fingerprint density at radius 1 is 1.15 bits per heavy atom. The van der Waals surface area contributed by atoms with Gasteiger partial charge in [-0.15, -0.1) is 0 Å². The van der Waals surface area contributed by atoms with E-state index in [9.17, 15) is 4.79 Å². The first-order valence-electron chi connectivity index (χ1n) is 7.79. The quantitative estimate of drug-likeness (QED) is 0.151. The van der Waals surface area contributed by atoms with E-state index < -0.39 is 5.97 Å². The van der Waals surface area contributed by atoms with Crippen LogP contribution >= 0.6 is 0 Å². The van der Waals surface area contributed by atoms with Crippen LogP contribution in [-0.2, 0) is 4.84 Å². The first-order valence-corrected chi connectivity index (χ1v) is 7.79. The molecular weight excluding hydrogens is 332 g/mol. The topological polar surface area (TPSA) is 112 Å². The second kappa shape index (κ2) is 9.03. The number of benzene rings is 2. The maximum absolute atomic E-state index is 12.3. The summed E-state index contributed by atoms with van der Waals surface area (Å²) in [5, 5.41) is 3.97. The van der Waals surface area contributed by atoms with Crippen LogP contribution in [0.5, 0.6) is 5.75 Å². The Kier molecular flexibility index (Phi) is 6.50. The third-order valence-electron chi connectivity index (χ3n) is 3.22. The van der Waals surface area contributed by atoms with E-state index in [0.29, 0.717) is 29.3 Å². The highest BCUT2D eigenvalue weighted by atomic mass is 16.6. The van der Waals surface area contributed by atoms with E-state index in [4.69, 9.17) is 21.0 Å². The number of esters is 1. The van der Waals surface area contributed by atoms with Crippen molar-refractivity contribution < 1.29 is 14.4 Å². The van der Waals surface area contributed by atoms with E-state index in [-0.39, 0.29) is 5.96 Å². The van der Waals surface area contributed by atoms with Gasteiger partial charge in [-0.05, 0) is 43.3 Å². The van der Waals surface area contributed by atoms with Gasteiger partial charge in [0.1, 0.15) is 12.4 Å². The minimum Gasteiger partial charge on any atom is -0.423 e. The minimum atomic E-state index is -0.490. The maximum Gasteiger partial charge on any atom is 0.343 e. The molecule has 0 fully saturated rings. The highest BCUT2D eigenvalue weighted by Crippen LogP contribution is 2.18. The molecule has 134 valence electrons. The van der Waals surface area contributed by atoms with Crippen molar-refractivity contribution in [2.45, 2.75) is 6.92 Å². The number of carbonyl (C=O) groups is 1. The Morgan fingerprint density at radius 3 is 2.54 bits per heavy atom. The van der Waals surface area contributed by atoms with Gasteiger partial charge in [0.25, 0.3) is 0 Å². The standard InChI is InChI=1S/C19H20N4O3/c1-3-11-25-23-13(2)15-5-4-6-17(12-15)26-18(24)14-7-9-16(10-8-14)22-19(20)21/h3-10,12H,1,11H2,2H3,(H4,20,21,22)/b23-13-. The monoisotopic (exact) mass is 352 g/mol. The molecule has 0 saturated heterocycles. The molecule has 7 heteroatoms. The van der Waals surface area contributed by atoms with Crippen molar-refractivity contribution in [3.05, 3.63) is 72.3 Å². The van der Waals surface area contributed by atoms with Gasteiger partial charge in [-0.25, -0.2) is 9.79 Å². The molecule has 4 N–H and O–H groups in total. The average molecular weight is 352 g/mol. The second-order valence-electron chi connectivity index (χ2n) is 5.26. The van der Waals surface area contributed by atoms with Gasteiger partial charge >= 0.3 is 5.97 Å². The van der Waals surface area contributed by atoms with Crippen LogP contribution in [0.4, 0.5) is 5.69 Å². The number of nitrogens with two attached hydrogens (primary N) is 2. The maximum atomic E-state index is 12.3. The van der Waals surface area contributed by atoms with Crippen LogP contribution in [0.15, 0.2) is 71.3 Å². The van der Waals surface area contributed by atoms with Crippen molar-refractivity contribution in [1.29, 1.82) is 0 Å². The zero-order valence-electron chi connectivity index (χ0n) is 14.4. The fraction of sp³-hybridized carbons (Fsp3) is 0.105. The van der Waals surface area contributed by atoms with Crippen molar-refractivity contribution >= 4 is 23.3 Å². The fourth-order valence-corrected chi connectivity index (χ4v) is 2.01. The summed E-state index contributed by atoms with van der Waals surface area (Å²) >= 11 is 0. The number of oxime groups is 1. The Hall–Kier alpha value is -3.61. The summed E-state index contributed by atoms with van der Waals surface area (Å²) in [5.74, 6) is -0.138. The van der Waals surface area contributed by atoms with Crippen LogP contribution in [0.25, 0.3) is 0 Å². The molecule has 0 bridgehead atoms. The summed E-state index contributed by atoms with van der Waals surface area (Å²) < 4.78 is 5.40. The van der Waals surface area contributed by atoms with Crippen LogP contribution in [0.3, 0.4) is 0 Å². The van der Waals surface area contributed by atoms with Crippen LogP contribution in [0.2, 0.25) is 0 Å².